The third kappa shape index (κ3) is 3.30. The summed E-state index contributed by atoms with van der Waals surface area (Å²) in [6.07, 6.45) is -0.939. The van der Waals surface area contributed by atoms with Crippen molar-refractivity contribution in [1.29, 1.82) is 0 Å². The second-order valence-corrected chi connectivity index (χ2v) is 6.44. The van der Waals surface area contributed by atoms with E-state index >= 15 is 0 Å². The lowest BCUT2D eigenvalue weighted by molar-refractivity contribution is 0.150. The van der Waals surface area contributed by atoms with Crippen LogP contribution < -0.4 is 5.56 Å². The number of aromatic nitrogens is 2. The Morgan fingerprint density at radius 2 is 1.57 bits per heavy atom. The van der Waals surface area contributed by atoms with Crippen LogP contribution >= 0.6 is 0 Å². The molecule has 0 bridgehead atoms. The molecule has 0 radical (unpaired) electrons. The highest BCUT2D eigenvalue weighted by atomic mass is 19.2. The number of nitrogens with zero attached hydrogens (tertiary/aromatic N) is 2. The van der Waals surface area contributed by atoms with Gasteiger partial charge in [0.05, 0.1) is 23.7 Å². The van der Waals surface area contributed by atoms with Crippen molar-refractivity contribution >= 4 is 10.8 Å². The zero-order chi connectivity index (χ0) is 19.7. The fourth-order valence-electron chi connectivity index (χ4n) is 3.16. The number of hydrogen-bond acceptors (Lipinski definition) is 3. The minimum absolute atomic E-state index is 0.0651. The molecule has 0 saturated carbocycles. The molecule has 0 unspecified atom stereocenters. The Kier molecular flexibility index (Phi) is 4.71. The minimum atomic E-state index is -0.995. The number of rotatable bonds is 4. The van der Waals surface area contributed by atoms with Gasteiger partial charge in [0, 0.05) is 10.9 Å². The first-order valence-corrected chi connectivity index (χ1v) is 8.73. The summed E-state index contributed by atoms with van der Waals surface area (Å²) in [5, 5.41) is 15.8. The Hall–Kier alpha value is -3.38. The Morgan fingerprint density at radius 1 is 0.893 bits per heavy atom. The van der Waals surface area contributed by atoms with E-state index < -0.39 is 17.7 Å². The van der Waals surface area contributed by atoms with Crippen molar-refractivity contribution in [1.82, 2.24) is 9.78 Å². The van der Waals surface area contributed by atoms with Gasteiger partial charge in [0.2, 0.25) is 0 Å². The largest absolute Gasteiger partial charge is 0.386 e. The van der Waals surface area contributed by atoms with Crippen molar-refractivity contribution in [2.75, 3.05) is 0 Å². The molecule has 0 aliphatic heterocycles. The Balaban J connectivity index is 1.87. The number of aliphatic hydroxyl groups excluding tert-OH is 1. The lowest BCUT2D eigenvalue weighted by atomic mass is 10.0. The fourth-order valence-corrected chi connectivity index (χ4v) is 3.16. The van der Waals surface area contributed by atoms with E-state index in [4.69, 9.17) is 0 Å². The molecule has 1 aromatic heterocycles. The highest BCUT2D eigenvalue weighted by molar-refractivity contribution is 5.93. The maximum Gasteiger partial charge on any atom is 0.274 e. The van der Waals surface area contributed by atoms with Crippen LogP contribution in [0.25, 0.3) is 22.0 Å². The molecule has 140 valence electrons. The second kappa shape index (κ2) is 7.32. The van der Waals surface area contributed by atoms with E-state index in [-0.39, 0.29) is 12.1 Å². The lowest BCUT2D eigenvalue weighted by Crippen LogP contribution is -2.26. The first-order valence-electron chi connectivity index (χ1n) is 8.73. The molecule has 1 atom stereocenters. The van der Waals surface area contributed by atoms with E-state index in [1.54, 1.807) is 48.5 Å². The van der Waals surface area contributed by atoms with Gasteiger partial charge in [-0.3, -0.25) is 4.79 Å². The van der Waals surface area contributed by atoms with E-state index in [0.29, 0.717) is 27.6 Å². The normalized spacial score (nSPS) is 12.2. The summed E-state index contributed by atoms with van der Waals surface area (Å²) in [7, 11) is 0. The average Bonchev–Trinajstić information content (AvgIpc) is 2.73. The van der Waals surface area contributed by atoms with E-state index in [2.05, 4.69) is 5.10 Å². The Morgan fingerprint density at radius 3 is 2.29 bits per heavy atom. The van der Waals surface area contributed by atoms with E-state index in [9.17, 15) is 18.7 Å². The van der Waals surface area contributed by atoms with Gasteiger partial charge in [-0.05, 0) is 29.8 Å². The molecule has 6 heteroatoms. The molecule has 28 heavy (non-hydrogen) atoms. The highest BCUT2D eigenvalue weighted by Crippen LogP contribution is 2.26. The molecule has 0 amide bonds. The molecule has 0 spiro atoms. The number of aliphatic hydroxyl groups is 1. The second-order valence-electron chi connectivity index (χ2n) is 6.44. The number of hydrogen-bond donors (Lipinski definition) is 1. The van der Waals surface area contributed by atoms with Crippen molar-refractivity contribution in [2.24, 2.45) is 0 Å². The predicted molar refractivity (Wildman–Crippen MR) is 103 cm³/mol. The van der Waals surface area contributed by atoms with Crippen molar-refractivity contribution in [3.63, 3.8) is 0 Å². The van der Waals surface area contributed by atoms with Crippen LogP contribution in [0, 0.1) is 11.6 Å². The van der Waals surface area contributed by atoms with Gasteiger partial charge in [-0.25, -0.2) is 13.5 Å². The molecular weight excluding hydrogens is 362 g/mol. The Labute approximate surface area is 159 Å². The molecule has 0 saturated heterocycles. The van der Waals surface area contributed by atoms with Crippen molar-refractivity contribution in [3.05, 3.63) is 100 Å². The zero-order valence-corrected chi connectivity index (χ0v) is 14.7. The number of benzene rings is 3. The SMILES string of the molecule is O=c1c2ccccc2c(-c2ccc(F)c(F)c2)nn1C[C@H](O)c1ccccc1. The number of halogens is 2. The monoisotopic (exact) mass is 378 g/mol. The molecule has 0 fully saturated rings. The van der Waals surface area contributed by atoms with Crippen LogP contribution in [0.1, 0.15) is 11.7 Å². The maximum absolute atomic E-state index is 13.8. The van der Waals surface area contributed by atoms with Gasteiger partial charge < -0.3 is 5.11 Å². The summed E-state index contributed by atoms with van der Waals surface area (Å²) in [6.45, 7) is -0.0651. The zero-order valence-electron chi connectivity index (χ0n) is 14.7. The van der Waals surface area contributed by atoms with Gasteiger partial charge in [0.25, 0.3) is 5.56 Å². The van der Waals surface area contributed by atoms with Crippen LogP contribution in [-0.2, 0) is 6.54 Å². The van der Waals surface area contributed by atoms with E-state index in [1.807, 2.05) is 6.07 Å². The Bertz CT molecular complexity index is 1210. The topological polar surface area (TPSA) is 55.1 Å². The van der Waals surface area contributed by atoms with Crippen LogP contribution in [0.15, 0.2) is 77.6 Å². The molecule has 0 aliphatic rings. The highest BCUT2D eigenvalue weighted by Gasteiger charge is 2.16. The first kappa shape index (κ1) is 18.0. The molecule has 4 rings (SSSR count). The predicted octanol–water partition coefficient (Wildman–Crippen LogP) is 4.08. The smallest absolute Gasteiger partial charge is 0.274 e. The number of fused-ring (bicyclic) bond motifs is 1. The summed E-state index contributed by atoms with van der Waals surface area (Å²) < 4.78 is 28.3. The van der Waals surface area contributed by atoms with E-state index in [0.717, 1.165) is 16.8 Å². The summed E-state index contributed by atoms with van der Waals surface area (Å²) in [6, 6.07) is 19.2. The molecule has 4 aromatic rings. The quantitative estimate of drug-likeness (QED) is 0.582. The molecule has 3 aromatic carbocycles. The third-order valence-corrected chi connectivity index (χ3v) is 4.59. The van der Waals surface area contributed by atoms with Crippen LogP contribution in [0.5, 0.6) is 0 Å². The van der Waals surface area contributed by atoms with Gasteiger partial charge in [-0.15, -0.1) is 0 Å². The van der Waals surface area contributed by atoms with Gasteiger partial charge in [0.1, 0.15) is 0 Å². The van der Waals surface area contributed by atoms with Crippen molar-refractivity contribution in [2.45, 2.75) is 12.6 Å². The van der Waals surface area contributed by atoms with Crippen LogP contribution in [0.2, 0.25) is 0 Å². The third-order valence-electron chi connectivity index (χ3n) is 4.59. The maximum atomic E-state index is 13.8. The summed E-state index contributed by atoms with van der Waals surface area (Å²) in [5.41, 5.74) is 0.975. The van der Waals surface area contributed by atoms with Crippen LogP contribution in [0.4, 0.5) is 8.78 Å². The standard InChI is InChI=1S/C22H16F2N2O2/c23-18-11-10-15(12-19(18)24)21-16-8-4-5-9-17(16)22(28)26(25-21)13-20(27)14-6-2-1-3-7-14/h1-12,20,27H,13H2/t20-/m0/s1. The molecular formula is C22H16F2N2O2. The summed E-state index contributed by atoms with van der Waals surface area (Å²) in [5.74, 6) is -1.95. The summed E-state index contributed by atoms with van der Waals surface area (Å²) >= 11 is 0. The van der Waals surface area contributed by atoms with Gasteiger partial charge in [0.15, 0.2) is 11.6 Å². The van der Waals surface area contributed by atoms with Crippen molar-refractivity contribution < 1.29 is 13.9 Å². The minimum Gasteiger partial charge on any atom is -0.386 e. The van der Waals surface area contributed by atoms with Crippen LogP contribution in [-0.4, -0.2) is 14.9 Å². The molecule has 1 heterocycles. The summed E-state index contributed by atoms with van der Waals surface area (Å²) in [4.78, 5) is 12.9. The lowest BCUT2D eigenvalue weighted by Gasteiger charge is -2.15. The molecule has 0 aliphatic carbocycles. The van der Waals surface area contributed by atoms with Gasteiger partial charge in [-0.2, -0.15) is 5.10 Å². The average molecular weight is 378 g/mol. The molecule has 4 nitrogen and oxygen atoms in total. The van der Waals surface area contributed by atoms with Gasteiger partial charge in [-0.1, -0.05) is 48.5 Å². The first-order chi connectivity index (χ1) is 13.5. The van der Waals surface area contributed by atoms with Gasteiger partial charge >= 0.3 is 0 Å². The van der Waals surface area contributed by atoms with Crippen molar-refractivity contribution in [3.8, 4) is 11.3 Å². The van der Waals surface area contributed by atoms with E-state index in [1.165, 1.54) is 6.07 Å². The van der Waals surface area contributed by atoms with Crippen LogP contribution in [0.3, 0.4) is 0 Å². The fraction of sp³-hybridized carbons (Fsp3) is 0.0909. The molecule has 1 N–H and O–H groups in total.